The maximum Gasteiger partial charge on any atom is 0.336 e. The van der Waals surface area contributed by atoms with E-state index in [4.69, 9.17) is 32.6 Å². The standard InChI is InChI=1S/C26H20Cl2N2O3/c1-2-30-13-15(11-17-8-10-23(33-17)19-12-16(27)7-9-21(19)28)25-20(14-30)24(26(31)32)18-5-3-4-6-22(18)29-25/h3-12H,2,13-14H2,1H3,(H,31,32)/b15-11+. The molecule has 0 spiro atoms. The topological polar surface area (TPSA) is 66.6 Å². The Bertz CT molecular complexity index is 1420. The number of rotatable bonds is 4. The number of hydrogen-bond acceptors (Lipinski definition) is 4. The van der Waals surface area contributed by atoms with Crippen LogP contribution in [0.25, 0.3) is 33.9 Å². The Morgan fingerprint density at radius 2 is 1.97 bits per heavy atom. The Balaban J connectivity index is 1.65. The minimum Gasteiger partial charge on any atom is -0.478 e. The molecule has 0 fully saturated rings. The zero-order chi connectivity index (χ0) is 23.1. The molecule has 33 heavy (non-hydrogen) atoms. The zero-order valence-corrected chi connectivity index (χ0v) is 19.3. The van der Waals surface area contributed by atoms with E-state index >= 15 is 0 Å². The van der Waals surface area contributed by atoms with Crippen molar-refractivity contribution in [2.45, 2.75) is 13.5 Å². The summed E-state index contributed by atoms with van der Waals surface area (Å²) >= 11 is 12.5. The smallest absolute Gasteiger partial charge is 0.336 e. The third-order valence-electron chi connectivity index (χ3n) is 5.87. The van der Waals surface area contributed by atoms with Crippen LogP contribution in [0, 0.1) is 0 Å². The number of hydrogen-bond donors (Lipinski definition) is 1. The summed E-state index contributed by atoms with van der Waals surface area (Å²) in [6, 6.07) is 16.3. The van der Waals surface area contributed by atoms with Gasteiger partial charge in [0, 0.05) is 34.6 Å². The van der Waals surface area contributed by atoms with Crippen LogP contribution in [0.2, 0.25) is 10.0 Å². The minimum absolute atomic E-state index is 0.311. The lowest BCUT2D eigenvalue weighted by Gasteiger charge is -2.30. The molecule has 0 saturated carbocycles. The number of likely N-dealkylation sites (N-methyl/N-ethyl adjacent to an activating group) is 1. The van der Waals surface area contributed by atoms with Gasteiger partial charge in [0.05, 0.1) is 21.8 Å². The van der Waals surface area contributed by atoms with Crippen LogP contribution in [0.1, 0.15) is 34.3 Å². The number of furan rings is 1. The second-order valence-corrected chi connectivity index (χ2v) is 8.78. The maximum absolute atomic E-state index is 12.3. The number of halogens is 2. The normalized spacial score (nSPS) is 15.2. The van der Waals surface area contributed by atoms with Crippen LogP contribution < -0.4 is 0 Å². The summed E-state index contributed by atoms with van der Waals surface area (Å²) in [7, 11) is 0. The Kier molecular flexibility index (Phi) is 5.71. The minimum atomic E-state index is -0.946. The Morgan fingerprint density at radius 3 is 2.76 bits per heavy atom. The number of carboxylic acids is 1. The molecular weight excluding hydrogens is 459 g/mol. The second-order valence-electron chi connectivity index (χ2n) is 7.94. The molecule has 1 aliphatic rings. The molecule has 0 atom stereocenters. The van der Waals surface area contributed by atoms with E-state index in [1.807, 2.05) is 42.5 Å². The predicted molar refractivity (Wildman–Crippen MR) is 132 cm³/mol. The van der Waals surface area contributed by atoms with Gasteiger partial charge in [-0.15, -0.1) is 0 Å². The fourth-order valence-corrected chi connectivity index (χ4v) is 4.66. The van der Waals surface area contributed by atoms with E-state index in [1.54, 1.807) is 18.2 Å². The second kappa shape index (κ2) is 8.67. The number of carboxylic acid groups (broad SMARTS) is 1. The Hall–Kier alpha value is -3.12. The first kappa shape index (κ1) is 21.7. The third-order valence-corrected chi connectivity index (χ3v) is 6.44. The van der Waals surface area contributed by atoms with E-state index in [-0.39, 0.29) is 0 Å². The molecule has 0 bridgehead atoms. The first-order valence-electron chi connectivity index (χ1n) is 10.6. The van der Waals surface area contributed by atoms with Crippen molar-refractivity contribution in [3.63, 3.8) is 0 Å². The van der Waals surface area contributed by atoms with Crippen LogP contribution in [0.15, 0.2) is 59.0 Å². The summed E-state index contributed by atoms with van der Waals surface area (Å²) in [6.07, 6.45) is 1.93. The lowest BCUT2D eigenvalue weighted by Crippen LogP contribution is -2.31. The summed E-state index contributed by atoms with van der Waals surface area (Å²) in [6.45, 7) is 4.01. The van der Waals surface area contributed by atoms with Crippen LogP contribution in [0.3, 0.4) is 0 Å². The molecule has 5 rings (SSSR count). The van der Waals surface area contributed by atoms with Gasteiger partial charge in [0.25, 0.3) is 0 Å². The molecule has 166 valence electrons. The van der Waals surface area contributed by atoms with Crippen molar-refractivity contribution in [3.8, 4) is 11.3 Å². The summed E-state index contributed by atoms with van der Waals surface area (Å²) < 4.78 is 6.08. The molecule has 1 N–H and O–H groups in total. The third kappa shape index (κ3) is 4.04. The fourth-order valence-electron chi connectivity index (χ4n) is 4.28. The van der Waals surface area contributed by atoms with E-state index in [0.717, 1.165) is 17.7 Å². The quantitative estimate of drug-likeness (QED) is 0.346. The van der Waals surface area contributed by atoms with Crippen molar-refractivity contribution in [1.29, 1.82) is 0 Å². The summed E-state index contributed by atoms with van der Waals surface area (Å²) in [5.41, 5.74) is 4.02. The maximum atomic E-state index is 12.3. The van der Waals surface area contributed by atoms with Gasteiger partial charge in [-0.3, -0.25) is 4.90 Å². The number of nitrogens with zero attached hydrogens (tertiary/aromatic N) is 2. The van der Waals surface area contributed by atoms with Crippen molar-refractivity contribution in [2.75, 3.05) is 13.1 Å². The first-order chi connectivity index (χ1) is 15.9. The summed E-state index contributed by atoms with van der Waals surface area (Å²) in [4.78, 5) is 19.3. The van der Waals surface area contributed by atoms with Crippen molar-refractivity contribution in [3.05, 3.63) is 87.2 Å². The van der Waals surface area contributed by atoms with E-state index in [0.29, 0.717) is 62.4 Å². The van der Waals surface area contributed by atoms with Crippen LogP contribution in [-0.4, -0.2) is 34.0 Å². The molecule has 5 nitrogen and oxygen atoms in total. The average molecular weight is 479 g/mol. The van der Waals surface area contributed by atoms with Gasteiger partial charge >= 0.3 is 5.97 Å². The van der Waals surface area contributed by atoms with Gasteiger partial charge in [0.15, 0.2) is 0 Å². The van der Waals surface area contributed by atoms with Gasteiger partial charge < -0.3 is 9.52 Å². The largest absolute Gasteiger partial charge is 0.478 e. The highest BCUT2D eigenvalue weighted by Crippen LogP contribution is 2.36. The van der Waals surface area contributed by atoms with E-state index < -0.39 is 5.97 Å². The van der Waals surface area contributed by atoms with Gasteiger partial charge in [-0.25, -0.2) is 9.78 Å². The molecule has 0 radical (unpaired) electrons. The first-order valence-corrected chi connectivity index (χ1v) is 11.3. The number of carbonyl (C=O) groups is 1. The number of benzene rings is 2. The van der Waals surface area contributed by atoms with Gasteiger partial charge in [0.2, 0.25) is 0 Å². The Morgan fingerprint density at radius 1 is 1.15 bits per heavy atom. The van der Waals surface area contributed by atoms with Gasteiger partial charge in [-0.1, -0.05) is 48.3 Å². The van der Waals surface area contributed by atoms with E-state index in [1.165, 1.54) is 0 Å². The average Bonchev–Trinajstić information content (AvgIpc) is 3.27. The molecule has 2 aromatic heterocycles. The molecule has 0 amide bonds. The van der Waals surface area contributed by atoms with Gasteiger partial charge in [0.1, 0.15) is 11.5 Å². The fraction of sp³-hybridized carbons (Fsp3) is 0.154. The van der Waals surface area contributed by atoms with Crippen molar-refractivity contribution < 1.29 is 14.3 Å². The number of fused-ring (bicyclic) bond motifs is 2. The highest BCUT2D eigenvalue weighted by atomic mass is 35.5. The number of para-hydroxylation sites is 1. The summed E-state index contributed by atoms with van der Waals surface area (Å²) in [5, 5.41) is 11.8. The van der Waals surface area contributed by atoms with Crippen molar-refractivity contribution >= 4 is 51.7 Å². The number of aromatic nitrogens is 1. The molecule has 2 aromatic carbocycles. The SMILES string of the molecule is CCN1C/C(=C\c2ccc(-c3cc(Cl)ccc3Cl)o2)c2nc3ccccc3c(C(=O)O)c2C1. The highest BCUT2D eigenvalue weighted by Gasteiger charge is 2.28. The zero-order valence-electron chi connectivity index (χ0n) is 17.8. The van der Waals surface area contributed by atoms with Gasteiger partial charge in [-0.05, 0) is 54.6 Å². The van der Waals surface area contributed by atoms with E-state index in [2.05, 4.69) is 11.8 Å². The molecule has 3 heterocycles. The van der Waals surface area contributed by atoms with Crippen LogP contribution in [0.5, 0.6) is 0 Å². The summed E-state index contributed by atoms with van der Waals surface area (Å²) in [5.74, 6) is 0.292. The molecule has 1 aliphatic heterocycles. The Labute approximate surface area is 200 Å². The van der Waals surface area contributed by atoms with E-state index in [9.17, 15) is 9.90 Å². The molecule has 0 unspecified atom stereocenters. The lowest BCUT2D eigenvalue weighted by atomic mass is 9.92. The number of pyridine rings is 1. The molecular formula is C26H20Cl2N2O3. The monoisotopic (exact) mass is 478 g/mol. The molecule has 4 aromatic rings. The predicted octanol–water partition coefficient (Wildman–Crippen LogP) is 6.88. The number of aromatic carboxylic acids is 1. The van der Waals surface area contributed by atoms with Crippen molar-refractivity contribution in [2.24, 2.45) is 0 Å². The van der Waals surface area contributed by atoms with Crippen LogP contribution >= 0.6 is 23.2 Å². The molecule has 0 aliphatic carbocycles. The van der Waals surface area contributed by atoms with Crippen molar-refractivity contribution in [1.82, 2.24) is 9.88 Å². The van der Waals surface area contributed by atoms with Crippen LogP contribution in [-0.2, 0) is 6.54 Å². The lowest BCUT2D eigenvalue weighted by molar-refractivity contribution is 0.0696. The molecule has 7 heteroatoms. The highest BCUT2D eigenvalue weighted by molar-refractivity contribution is 6.35. The van der Waals surface area contributed by atoms with Crippen LogP contribution in [0.4, 0.5) is 0 Å². The van der Waals surface area contributed by atoms with Gasteiger partial charge in [-0.2, -0.15) is 0 Å². The molecule has 0 saturated heterocycles.